The minimum Gasteiger partial charge on any atom is -0.391 e. The van der Waals surface area contributed by atoms with Crippen molar-refractivity contribution in [2.75, 3.05) is 6.54 Å². The third-order valence-corrected chi connectivity index (χ3v) is 4.06. The van der Waals surface area contributed by atoms with E-state index < -0.39 is 17.7 Å². The van der Waals surface area contributed by atoms with Crippen LogP contribution in [0.1, 0.15) is 37.0 Å². The molecule has 1 fully saturated rings. The van der Waals surface area contributed by atoms with Crippen LogP contribution in [0.25, 0.3) is 0 Å². The molecule has 5 nitrogen and oxygen atoms in total. The molecule has 1 aliphatic heterocycles. The van der Waals surface area contributed by atoms with Crippen LogP contribution in [0.5, 0.6) is 0 Å². The fraction of sp³-hybridized carbons (Fsp3) is 0.500. The van der Waals surface area contributed by atoms with Gasteiger partial charge in [0.25, 0.3) is 5.91 Å². The highest BCUT2D eigenvalue weighted by atomic mass is 16.3. The first-order valence-corrected chi connectivity index (χ1v) is 7.19. The van der Waals surface area contributed by atoms with E-state index in [1.165, 1.54) is 0 Å². The van der Waals surface area contributed by atoms with Crippen molar-refractivity contribution in [3.05, 3.63) is 34.9 Å². The molecular weight excluding hydrogens is 268 g/mol. The summed E-state index contributed by atoms with van der Waals surface area (Å²) in [5.74, 6) is -0.313. The van der Waals surface area contributed by atoms with Crippen molar-refractivity contribution in [3.63, 3.8) is 0 Å². The van der Waals surface area contributed by atoms with Crippen LogP contribution in [0, 0.1) is 13.8 Å². The zero-order valence-corrected chi connectivity index (χ0v) is 12.9. The van der Waals surface area contributed by atoms with Crippen molar-refractivity contribution in [1.29, 1.82) is 0 Å². The highest BCUT2D eigenvalue weighted by molar-refractivity contribution is 6.07. The largest absolute Gasteiger partial charge is 0.391 e. The summed E-state index contributed by atoms with van der Waals surface area (Å²) in [7, 11) is 0. The van der Waals surface area contributed by atoms with Gasteiger partial charge >= 0.3 is 6.03 Å². The lowest BCUT2D eigenvalue weighted by Crippen LogP contribution is -2.42. The predicted octanol–water partition coefficient (Wildman–Crippen LogP) is 1.84. The highest BCUT2D eigenvalue weighted by Crippen LogP contribution is 2.31. The molecule has 0 spiro atoms. The quantitative estimate of drug-likeness (QED) is 0.831. The summed E-state index contributed by atoms with van der Waals surface area (Å²) in [4.78, 5) is 25.8. The minimum absolute atomic E-state index is 0.0294. The first kappa shape index (κ1) is 15.5. The molecule has 0 aromatic heterocycles. The molecule has 1 aromatic carbocycles. The molecule has 2 rings (SSSR count). The Morgan fingerprint density at radius 1 is 1.33 bits per heavy atom. The maximum Gasteiger partial charge on any atom is 0.325 e. The van der Waals surface area contributed by atoms with Crippen LogP contribution in [0.4, 0.5) is 4.79 Å². The molecule has 0 saturated carbocycles. The number of nitrogens with one attached hydrogen (secondary N) is 1. The summed E-state index contributed by atoms with van der Waals surface area (Å²) in [5.41, 5.74) is 1.79. The van der Waals surface area contributed by atoms with Gasteiger partial charge in [-0.1, -0.05) is 30.7 Å². The lowest BCUT2D eigenvalue weighted by Gasteiger charge is -2.25. The number of benzene rings is 1. The van der Waals surface area contributed by atoms with Crippen molar-refractivity contribution in [2.24, 2.45) is 0 Å². The van der Waals surface area contributed by atoms with Gasteiger partial charge in [0, 0.05) is 0 Å². The van der Waals surface area contributed by atoms with E-state index in [0.717, 1.165) is 21.6 Å². The van der Waals surface area contributed by atoms with Crippen LogP contribution in [0.2, 0.25) is 0 Å². The van der Waals surface area contributed by atoms with E-state index in [-0.39, 0.29) is 12.5 Å². The van der Waals surface area contributed by atoms with Gasteiger partial charge in [-0.2, -0.15) is 0 Å². The van der Waals surface area contributed by atoms with Crippen molar-refractivity contribution in [2.45, 2.75) is 45.8 Å². The van der Waals surface area contributed by atoms with E-state index in [1.807, 2.05) is 39.0 Å². The van der Waals surface area contributed by atoms with Crippen LogP contribution in [-0.4, -0.2) is 34.6 Å². The van der Waals surface area contributed by atoms with Gasteiger partial charge in [-0.25, -0.2) is 4.79 Å². The zero-order valence-electron chi connectivity index (χ0n) is 12.9. The molecule has 5 heteroatoms. The van der Waals surface area contributed by atoms with Gasteiger partial charge in [-0.3, -0.25) is 9.69 Å². The number of nitrogens with zero attached hydrogens (tertiary/aromatic N) is 1. The highest BCUT2D eigenvalue weighted by Gasteiger charge is 2.49. The molecule has 2 atom stereocenters. The SMILES string of the molecule is CC[C@@H](O)CN1C(=O)N[C@](C)(c2ccc(C)cc2C)C1=O. The number of carbonyl (C=O) groups is 2. The number of rotatable bonds is 4. The van der Waals surface area contributed by atoms with E-state index in [0.29, 0.717) is 6.42 Å². The fourth-order valence-corrected chi connectivity index (χ4v) is 2.76. The maximum atomic E-state index is 12.7. The lowest BCUT2D eigenvalue weighted by atomic mass is 9.87. The molecular formula is C16H22N2O3. The molecule has 0 aliphatic carbocycles. The number of imide groups is 1. The molecule has 1 aliphatic rings. The molecule has 0 radical (unpaired) electrons. The van der Waals surface area contributed by atoms with Gasteiger partial charge in [-0.05, 0) is 38.3 Å². The number of aliphatic hydroxyl groups excluding tert-OH is 1. The van der Waals surface area contributed by atoms with E-state index in [4.69, 9.17) is 0 Å². The number of aryl methyl sites for hydroxylation is 2. The number of carbonyl (C=O) groups excluding carboxylic acids is 2. The zero-order chi connectivity index (χ0) is 15.8. The Kier molecular flexibility index (Phi) is 4.05. The standard InChI is InChI=1S/C16H22N2O3/c1-5-12(19)9-18-14(20)16(4,17-15(18)21)13-7-6-10(2)8-11(13)3/h6-8,12,19H,5,9H2,1-4H3,(H,17,21)/t12-,16-/m1/s1. The summed E-state index contributed by atoms with van der Waals surface area (Å²) in [6, 6.07) is 5.35. The second-order valence-corrected chi connectivity index (χ2v) is 5.85. The Hall–Kier alpha value is -1.88. The second-order valence-electron chi connectivity index (χ2n) is 5.85. The molecule has 3 amide bonds. The van der Waals surface area contributed by atoms with Gasteiger partial charge in [0.2, 0.25) is 0 Å². The topological polar surface area (TPSA) is 69.6 Å². The molecule has 1 saturated heterocycles. The molecule has 1 heterocycles. The van der Waals surface area contributed by atoms with Gasteiger partial charge in [0.05, 0.1) is 12.6 Å². The van der Waals surface area contributed by atoms with Gasteiger partial charge in [-0.15, -0.1) is 0 Å². The number of hydrogen-bond acceptors (Lipinski definition) is 3. The third kappa shape index (κ3) is 2.65. The lowest BCUT2D eigenvalue weighted by molar-refractivity contribution is -0.132. The van der Waals surface area contributed by atoms with Gasteiger partial charge in [0.15, 0.2) is 0 Å². The Bertz CT molecular complexity index is 585. The summed E-state index contributed by atoms with van der Waals surface area (Å²) in [6.07, 6.45) is -0.196. The Balaban J connectivity index is 2.36. The molecule has 0 bridgehead atoms. The Morgan fingerprint density at radius 2 is 2.00 bits per heavy atom. The predicted molar refractivity (Wildman–Crippen MR) is 79.8 cm³/mol. The summed E-state index contributed by atoms with van der Waals surface area (Å²) < 4.78 is 0. The fourth-order valence-electron chi connectivity index (χ4n) is 2.76. The maximum absolute atomic E-state index is 12.7. The first-order valence-electron chi connectivity index (χ1n) is 7.19. The van der Waals surface area contributed by atoms with Crippen LogP contribution < -0.4 is 5.32 Å². The summed E-state index contributed by atoms with van der Waals surface area (Å²) in [6.45, 7) is 7.46. The second kappa shape index (κ2) is 5.48. The molecule has 2 N–H and O–H groups in total. The van der Waals surface area contributed by atoms with Crippen LogP contribution >= 0.6 is 0 Å². The molecule has 21 heavy (non-hydrogen) atoms. The summed E-state index contributed by atoms with van der Waals surface area (Å²) in [5, 5.41) is 12.5. The van der Waals surface area contributed by atoms with Crippen molar-refractivity contribution in [3.8, 4) is 0 Å². The van der Waals surface area contributed by atoms with Gasteiger partial charge < -0.3 is 10.4 Å². The van der Waals surface area contributed by atoms with E-state index in [9.17, 15) is 14.7 Å². The number of β-amino-alcohol motifs (C(OH)–C–C–N with tert-alkyl or cyclic N) is 1. The number of amides is 3. The smallest absolute Gasteiger partial charge is 0.325 e. The van der Waals surface area contributed by atoms with E-state index in [2.05, 4.69) is 5.32 Å². The third-order valence-electron chi connectivity index (χ3n) is 4.06. The average molecular weight is 290 g/mol. The normalized spacial score (nSPS) is 23.4. The van der Waals surface area contributed by atoms with E-state index in [1.54, 1.807) is 6.92 Å². The van der Waals surface area contributed by atoms with Crippen LogP contribution in [-0.2, 0) is 10.3 Å². The number of urea groups is 1. The molecule has 0 unspecified atom stereocenters. The van der Waals surface area contributed by atoms with Crippen molar-refractivity contribution in [1.82, 2.24) is 10.2 Å². The monoisotopic (exact) mass is 290 g/mol. The van der Waals surface area contributed by atoms with Crippen LogP contribution in [0.3, 0.4) is 0 Å². The Morgan fingerprint density at radius 3 is 2.57 bits per heavy atom. The first-order chi connectivity index (χ1) is 9.79. The minimum atomic E-state index is -1.07. The van der Waals surface area contributed by atoms with Crippen molar-refractivity contribution < 1.29 is 14.7 Å². The molecule has 114 valence electrons. The van der Waals surface area contributed by atoms with E-state index >= 15 is 0 Å². The van der Waals surface area contributed by atoms with Gasteiger partial charge in [0.1, 0.15) is 5.54 Å². The average Bonchev–Trinajstić information content (AvgIpc) is 2.62. The Labute approximate surface area is 125 Å². The van der Waals surface area contributed by atoms with Crippen LogP contribution in [0.15, 0.2) is 18.2 Å². The number of hydrogen-bond donors (Lipinski definition) is 2. The summed E-state index contributed by atoms with van der Waals surface area (Å²) >= 11 is 0. The van der Waals surface area contributed by atoms with Crippen molar-refractivity contribution >= 4 is 11.9 Å². The molecule has 1 aromatic rings. The number of aliphatic hydroxyl groups is 1.